The summed E-state index contributed by atoms with van der Waals surface area (Å²) in [6.45, 7) is 2.20. The Bertz CT molecular complexity index is 507. The average Bonchev–Trinajstić information content (AvgIpc) is 2.93. The van der Waals surface area contributed by atoms with E-state index in [1.165, 1.54) is 35.4 Å². The summed E-state index contributed by atoms with van der Waals surface area (Å²) in [5.41, 5.74) is 2.99. The zero-order valence-corrected chi connectivity index (χ0v) is 11.4. The van der Waals surface area contributed by atoms with Gasteiger partial charge in [0.25, 0.3) is 0 Å². The van der Waals surface area contributed by atoms with Crippen LogP contribution in [-0.2, 0) is 6.42 Å². The minimum Gasteiger partial charge on any atom is -0.301 e. The first kappa shape index (κ1) is 11.9. The molecule has 1 N–H and O–H groups in total. The van der Waals surface area contributed by atoms with Gasteiger partial charge < -0.3 is 5.32 Å². The third-order valence-electron chi connectivity index (χ3n) is 3.64. The minimum absolute atomic E-state index is 0.334. The van der Waals surface area contributed by atoms with Crippen molar-refractivity contribution in [3.63, 3.8) is 0 Å². The number of hydrogen-bond donors (Lipinski definition) is 1. The molecule has 1 aliphatic carbocycles. The first-order valence-electron chi connectivity index (χ1n) is 6.58. The van der Waals surface area contributed by atoms with Crippen molar-refractivity contribution in [1.82, 2.24) is 10.3 Å². The van der Waals surface area contributed by atoms with Gasteiger partial charge in [0.2, 0.25) is 0 Å². The summed E-state index contributed by atoms with van der Waals surface area (Å²) in [6, 6.07) is 9.63. The van der Waals surface area contributed by atoms with Crippen molar-refractivity contribution in [3.8, 4) is 0 Å². The van der Waals surface area contributed by atoms with Crippen LogP contribution in [0.1, 0.15) is 48.0 Å². The largest absolute Gasteiger partial charge is 0.301 e. The van der Waals surface area contributed by atoms with E-state index >= 15 is 0 Å². The van der Waals surface area contributed by atoms with Crippen LogP contribution >= 0.6 is 11.3 Å². The van der Waals surface area contributed by atoms with Crippen LogP contribution in [-0.4, -0.2) is 4.98 Å². The Morgan fingerprint density at radius 1 is 1.39 bits per heavy atom. The van der Waals surface area contributed by atoms with E-state index in [2.05, 4.69) is 41.5 Å². The number of benzene rings is 1. The fourth-order valence-corrected chi connectivity index (χ4v) is 3.40. The molecular weight excluding hydrogens is 240 g/mol. The summed E-state index contributed by atoms with van der Waals surface area (Å²) >= 11 is 1.73. The maximum Gasteiger partial charge on any atom is 0.109 e. The molecule has 2 aromatic rings. The smallest absolute Gasteiger partial charge is 0.109 e. The molecule has 94 valence electrons. The third-order valence-corrected chi connectivity index (χ3v) is 4.60. The molecule has 2 unspecified atom stereocenters. The van der Waals surface area contributed by atoms with E-state index in [-0.39, 0.29) is 0 Å². The highest BCUT2D eigenvalue weighted by molar-refractivity contribution is 7.09. The molecule has 0 fully saturated rings. The molecule has 1 aromatic heterocycles. The van der Waals surface area contributed by atoms with Crippen LogP contribution in [0.15, 0.2) is 35.8 Å². The number of aromatic nitrogens is 1. The van der Waals surface area contributed by atoms with Gasteiger partial charge in [0, 0.05) is 17.6 Å². The van der Waals surface area contributed by atoms with E-state index in [1.54, 1.807) is 11.3 Å². The molecule has 1 heterocycles. The zero-order valence-electron chi connectivity index (χ0n) is 10.6. The van der Waals surface area contributed by atoms with E-state index in [9.17, 15) is 0 Å². The van der Waals surface area contributed by atoms with Gasteiger partial charge >= 0.3 is 0 Å². The van der Waals surface area contributed by atoms with Gasteiger partial charge in [0.05, 0.1) is 6.04 Å². The topological polar surface area (TPSA) is 24.9 Å². The van der Waals surface area contributed by atoms with E-state index in [4.69, 9.17) is 0 Å². The van der Waals surface area contributed by atoms with Crippen molar-refractivity contribution in [2.45, 2.75) is 38.3 Å². The van der Waals surface area contributed by atoms with Gasteiger partial charge in [-0.15, -0.1) is 11.3 Å². The number of hydrogen-bond acceptors (Lipinski definition) is 3. The Balaban J connectivity index is 1.78. The van der Waals surface area contributed by atoms with Crippen molar-refractivity contribution >= 4 is 11.3 Å². The second-order valence-electron chi connectivity index (χ2n) is 4.90. The predicted molar refractivity (Wildman–Crippen MR) is 75.8 cm³/mol. The number of fused-ring (bicyclic) bond motifs is 1. The molecule has 0 radical (unpaired) electrons. The Labute approximate surface area is 112 Å². The quantitative estimate of drug-likeness (QED) is 0.904. The van der Waals surface area contributed by atoms with Crippen LogP contribution in [0.2, 0.25) is 0 Å². The monoisotopic (exact) mass is 258 g/mol. The van der Waals surface area contributed by atoms with E-state index < -0.39 is 0 Å². The lowest BCUT2D eigenvalue weighted by molar-refractivity contribution is 0.415. The van der Waals surface area contributed by atoms with Gasteiger partial charge in [-0.25, -0.2) is 4.98 Å². The van der Waals surface area contributed by atoms with Crippen LogP contribution in [0.5, 0.6) is 0 Å². The van der Waals surface area contributed by atoms with Crippen molar-refractivity contribution in [1.29, 1.82) is 0 Å². The Kier molecular flexibility index (Phi) is 3.43. The van der Waals surface area contributed by atoms with Crippen LogP contribution in [0.3, 0.4) is 0 Å². The van der Waals surface area contributed by atoms with Crippen molar-refractivity contribution in [2.24, 2.45) is 0 Å². The maximum absolute atomic E-state index is 4.39. The van der Waals surface area contributed by atoms with Gasteiger partial charge in [-0.05, 0) is 37.3 Å². The molecule has 1 aromatic carbocycles. The molecule has 0 spiro atoms. The third kappa shape index (κ3) is 2.33. The van der Waals surface area contributed by atoms with E-state index in [0.29, 0.717) is 12.1 Å². The van der Waals surface area contributed by atoms with Crippen LogP contribution < -0.4 is 5.32 Å². The maximum atomic E-state index is 4.39. The molecule has 18 heavy (non-hydrogen) atoms. The molecule has 0 bridgehead atoms. The lowest BCUT2D eigenvalue weighted by atomic mass is 9.87. The molecule has 1 aliphatic rings. The number of thiazole rings is 1. The number of nitrogens with zero attached hydrogens (tertiary/aromatic N) is 1. The van der Waals surface area contributed by atoms with Crippen LogP contribution in [0.4, 0.5) is 0 Å². The lowest BCUT2D eigenvalue weighted by Gasteiger charge is -2.28. The molecule has 0 amide bonds. The highest BCUT2D eigenvalue weighted by Crippen LogP contribution is 2.31. The summed E-state index contributed by atoms with van der Waals surface area (Å²) in [4.78, 5) is 4.39. The van der Waals surface area contributed by atoms with Gasteiger partial charge in [0.15, 0.2) is 0 Å². The summed E-state index contributed by atoms with van der Waals surface area (Å²) in [5, 5.41) is 6.95. The first-order chi connectivity index (χ1) is 8.84. The Morgan fingerprint density at radius 2 is 2.28 bits per heavy atom. The highest BCUT2D eigenvalue weighted by atomic mass is 32.1. The van der Waals surface area contributed by atoms with E-state index in [0.717, 1.165) is 0 Å². The molecule has 0 saturated carbocycles. The predicted octanol–water partition coefficient (Wildman–Crippen LogP) is 3.87. The summed E-state index contributed by atoms with van der Waals surface area (Å²) in [5.74, 6) is 0. The Hall–Kier alpha value is -1.19. The van der Waals surface area contributed by atoms with E-state index in [1.807, 2.05) is 11.6 Å². The second kappa shape index (κ2) is 5.21. The molecule has 0 aliphatic heterocycles. The van der Waals surface area contributed by atoms with Gasteiger partial charge in [-0.2, -0.15) is 0 Å². The molecule has 0 saturated heterocycles. The normalized spacial score (nSPS) is 20.4. The second-order valence-corrected chi connectivity index (χ2v) is 5.83. The molecule has 3 rings (SSSR count). The standard InChI is InChI=1S/C15H18N2S/c1-11(15-16-9-10-18-15)17-14-8-4-6-12-5-2-3-7-13(12)14/h2-3,5,7,9-11,14,17H,4,6,8H2,1H3. The SMILES string of the molecule is CC(NC1CCCc2ccccc21)c1nccs1. The van der Waals surface area contributed by atoms with Gasteiger partial charge in [-0.3, -0.25) is 0 Å². The fourth-order valence-electron chi connectivity index (χ4n) is 2.75. The summed E-state index contributed by atoms with van der Waals surface area (Å²) in [7, 11) is 0. The van der Waals surface area contributed by atoms with Crippen molar-refractivity contribution < 1.29 is 0 Å². The first-order valence-corrected chi connectivity index (χ1v) is 7.46. The fraction of sp³-hybridized carbons (Fsp3) is 0.400. The number of nitrogens with one attached hydrogen (secondary N) is 1. The van der Waals surface area contributed by atoms with Gasteiger partial charge in [0.1, 0.15) is 5.01 Å². The molecular formula is C15H18N2S. The Morgan fingerprint density at radius 3 is 3.11 bits per heavy atom. The number of aryl methyl sites for hydroxylation is 1. The summed E-state index contributed by atoms with van der Waals surface area (Å²) in [6.07, 6.45) is 5.61. The molecule has 2 nitrogen and oxygen atoms in total. The van der Waals surface area contributed by atoms with Gasteiger partial charge in [-0.1, -0.05) is 24.3 Å². The zero-order chi connectivity index (χ0) is 12.4. The minimum atomic E-state index is 0.334. The van der Waals surface area contributed by atoms with Crippen LogP contribution in [0.25, 0.3) is 0 Å². The van der Waals surface area contributed by atoms with Crippen LogP contribution in [0, 0.1) is 0 Å². The number of rotatable bonds is 3. The average molecular weight is 258 g/mol. The molecule has 3 heteroatoms. The molecule has 2 atom stereocenters. The van der Waals surface area contributed by atoms with Crippen molar-refractivity contribution in [3.05, 3.63) is 52.0 Å². The highest BCUT2D eigenvalue weighted by Gasteiger charge is 2.22. The lowest BCUT2D eigenvalue weighted by Crippen LogP contribution is -2.27. The summed E-state index contributed by atoms with van der Waals surface area (Å²) < 4.78 is 0. The van der Waals surface area contributed by atoms with Crippen molar-refractivity contribution in [2.75, 3.05) is 0 Å².